The average Bonchev–Trinajstić information content (AvgIpc) is 3.12. The van der Waals surface area contributed by atoms with Crippen LogP contribution in [0.15, 0.2) is 42.7 Å². The van der Waals surface area contributed by atoms with Crippen molar-refractivity contribution in [2.45, 2.75) is 32.1 Å². The third-order valence-electron chi connectivity index (χ3n) is 8.85. The minimum absolute atomic E-state index is 0.0217. The second kappa shape index (κ2) is 19.3. The van der Waals surface area contributed by atoms with E-state index in [2.05, 4.69) is 25.4 Å². The number of rotatable bonds is 12. The van der Waals surface area contributed by atoms with Crippen LogP contribution in [-0.2, 0) is 19.1 Å². The van der Waals surface area contributed by atoms with Crippen LogP contribution in [0.1, 0.15) is 42.5 Å². The summed E-state index contributed by atoms with van der Waals surface area (Å²) in [4.78, 5) is 52.7. The number of fused-ring (bicyclic) bond motifs is 3. The van der Waals surface area contributed by atoms with E-state index in [4.69, 9.17) is 14.2 Å². The van der Waals surface area contributed by atoms with Gasteiger partial charge in [-0.1, -0.05) is 12.1 Å². The smallest absolute Gasteiger partial charge is 0.255 e. The van der Waals surface area contributed by atoms with Gasteiger partial charge in [-0.15, -0.1) is 0 Å². The lowest BCUT2D eigenvalue weighted by atomic mass is 10.1. The summed E-state index contributed by atoms with van der Waals surface area (Å²) >= 11 is 0. The van der Waals surface area contributed by atoms with Crippen LogP contribution in [0.5, 0.6) is 5.75 Å². The number of para-hydroxylation sites is 2. The number of nitrogens with zero attached hydrogens (tertiary/aromatic N) is 5. The highest BCUT2D eigenvalue weighted by molar-refractivity contribution is 5.97. The Balaban J connectivity index is 1.25. The number of morpholine rings is 2. The fourth-order valence-corrected chi connectivity index (χ4v) is 6.15. The quantitative estimate of drug-likeness (QED) is 0.325. The van der Waals surface area contributed by atoms with Gasteiger partial charge in [0.2, 0.25) is 11.8 Å². The summed E-state index contributed by atoms with van der Waals surface area (Å²) < 4.78 is 17.1. The number of aromatic nitrogens is 1. The van der Waals surface area contributed by atoms with E-state index >= 15 is 0 Å². The van der Waals surface area contributed by atoms with Crippen LogP contribution in [0.4, 0.5) is 11.4 Å². The zero-order valence-electron chi connectivity index (χ0n) is 28.1. The molecule has 2 saturated heterocycles. The van der Waals surface area contributed by atoms with Crippen LogP contribution in [0.3, 0.4) is 0 Å². The molecule has 13 heteroatoms. The SMILES string of the molecule is O=C(CN1CCCCCOc2ccccc2N(CC(=O)NCCCN2CCOCC2)c2cncc(c2)C1=O)NCCCN1CCOCC1. The lowest BCUT2D eigenvalue weighted by molar-refractivity contribution is -0.122. The van der Waals surface area contributed by atoms with Gasteiger partial charge in [0.15, 0.2) is 0 Å². The predicted molar refractivity (Wildman–Crippen MR) is 183 cm³/mol. The Morgan fingerprint density at radius 1 is 0.750 bits per heavy atom. The molecule has 262 valence electrons. The van der Waals surface area contributed by atoms with E-state index in [1.54, 1.807) is 17.2 Å². The van der Waals surface area contributed by atoms with Crippen molar-refractivity contribution in [1.29, 1.82) is 0 Å². The molecule has 0 radical (unpaired) electrons. The van der Waals surface area contributed by atoms with Crippen molar-refractivity contribution in [3.8, 4) is 5.75 Å². The normalized spacial score (nSPS) is 18.4. The summed E-state index contributed by atoms with van der Waals surface area (Å²) in [6.45, 7) is 10.5. The number of carbonyl (C=O) groups excluding carboxylic acids is 3. The lowest BCUT2D eigenvalue weighted by Crippen LogP contribution is -2.42. The first-order valence-electron chi connectivity index (χ1n) is 17.4. The molecule has 13 nitrogen and oxygen atoms in total. The van der Waals surface area contributed by atoms with Gasteiger partial charge in [0.1, 0.15) is 12.3 Å². The topological polar surface area (TPSA) is 129 Å². The van der Waals surface area contributed by atoms with Crippen molar-refractivity contribution in [3.05, 3.63) is 48.3 Å². The number of amides is 3. The molecule has 1 aromatic heterocycles. The van der Waals surface area contributed by atoms with Crippen molar-refractivity contribution in [3.63, 3.8) is 0 Å². The van der Waals surface area contributed by atoms with E-state index in [1.165, 1.54) is 6.20 Å². The second-order valence-corrected chi connectivity index (χ2v) is 12.4. The number of carbonyl (C=O) groups is 3. The van der Waals surface area contributed by atoms with Crippen molar-refractivity contribution < 1.29 is 28.6 Å². The highest BCUT2D eigenvalue weighted by Crippen LogP contribution is 2.34. The number of anilines is 2. The van der Waals surface area contributed by atoms with E-state index in [0.717, 1.165) is 103 Å². The summed E-state index contributed by atoms with van der Waals surface area (Å²) in [6.07, 6.45) is 7.22. The maximum Gasteiger partial charge on any atom is 0.255 e. The fraction of sp³-hybridized carbons (Fsp3) is 0.600. The molecule has 1 aromatic carbocycles. The maximum atomic E-state index is 13.9. The van der Waals surface area contributed by atoms with E-state index < -0.39 is 0 Å². The van der Waals surface area contributed by atoms with Crippen molar-refractivity contribution in [1.82, 2.24) is 30.3 Å². The monoisotopic (exact) mass is 665 g/mol. The first-order valence-corrected chi connectivity index (χ1v) is 17.4. The number of benzene rings is 1. The third-order valence-corrected chi connectivity index (χ3v) is 8.85. The fourth-order valence-electron chi connectivity index (χ4n) is 6.15. The molecule has 0 spiro atoms. The molecule has 0 unspecified atom stereocenters. The van der Waals surface area contributed by atoms with Crippen molar-refractivity contribution >= 4 is 29.1 Å². The third kappa shape index (κ3) is 11.1. The van der Waals surface area contributed by atoms with Crippen molar-refractivity contribution in [2.24, 2.45) is 0 Å². The van der Waals surface area contributed by atoms with E-state index in [-0.39, 0.29) is 30.8 Å². The molecule has 0 saturated carbocycles. The van der Waals surface area contributed by atoms with Crippen LogP contribution >= 0.6 is 0 Å². The summed E-state index contributed by atoms with van der Waals surface area (Å²) in [7, 11) is 0. The number of nitrogens with one attached hydrogen (secondary N) is 2. The summed E-state index contributed by atoms with van der Waals surface area (Å²) in [5.41, 5.74) is 1.67. The number of pyridine rings is 1. The van der Waals surface area contributed by atoms with E-state index in [9.17, 15) is 14.4 Å². The van der Waals surface area contributed by atoms with E-state index in [0.29, 0.717) is 43.2 Å². The Morgan fingerprint density at radius 3 is 2.08 bits per heavy atom. The predicted octanol–water partition coefficient (Wildman–Crippen LogP) is 1.90. The molecule has 4 heterocycles. The largest absolute Gasteiger partial charge is 0.491 e. The Bertz CT molecular complexity index is 1320. The molecule has 2 fully saturated rings. The molecule has 5 rings (SSSR count). The van der Waals surface area contributed by atoms with Crippen LogP contribution in [0, 0.1) is 0 Å². The highest BCUT2D eigenvalue weighted by atomic mass is 16.5. The Labute approximate surface area is 283 Å². The van der Waals surface area contributed by atoms with Gasteiger partial charge in [0, 0.05) is 52.0 Å². The van der Waals surface area contributed by atoms with Gasteiger partial charge in [-0.25, -0.2) is 0 Å². The molecule has 2 N–H and O–H groups in total. The summed E-state index contributed by atoms with van der Waals surface area (Å²) in [5, 5.41) is 6.06. The molecule has 3 aliphatic heterocycles. The highest BCUT2D eigenvalue weighted by Gasteiger charge is 2.23. The average molecular weight is 666 g/mol. The Morgan fingerprint density at radius 2 is 1.40 bits per heavy atom. The minimum Gasteiger partial charge on any atom is -0.491 e. The van der Waals surface area contributed by atoms with E-state index in [1.807, 2.05) is 29.2 Å². The number of hydrogen-bond acceptors (Lipinski definition) is 10. The molecule has 3 aliphatic rings. The van der Waals surface area contributed by atoms with Gasteiger partial charge < -0.3 is 34.6 Å². The molecule has 0 aliphatic carbocycles. The number of hydrogen-bond donors (Lipinski definition) is 2. The lowest BCUT2D eigenvalue weighted by Gasteiger charge is -2.28. The maximum absolute atomic E-state index is 13.9. The van der Waals surface area contributed by atoms with Crippen LogP contribution in [0.2, 0.25) is 0 Å². The molecule has 2 aromatic rings. The number of ether oxygens (including phenoxy) is 3. The van der Waals surface area contributed by atoms with Gasteiger partial charge in [-0.05, 0) is 63.4 Å². The van der Waals surface area contributed by atoms with Crippen molar-refractivity contribution in [2.75, 3.05) is 110 Å². The van der Waals surface area contributed by atoms with Crippen LogP contribution < -0.4 is 20.3 Å². The minimum atomic E-state index is -0.262. The zero-order chi connectivity index (χ0) is 33.4. The molecule has 2 bridgehead atoms. The van der Waals surface area contributed by atoms with Gasteiger partial charge in [0.05, 0.1) is 62.7 Å². The van der Waals surface area contributed by atoms with Gasteiger partial charge in [-0.3, -0.25) is 29.2 Å². The summed E-state index contributed by atoms with van der Waals surface area (Å²) in [6, 6.07) is 9.38. The Kier molecular flexibility index (Phi) is 14.3. The van der Waals surface area contributed by atoms with Gasteiger partial charge >= 0.3 is 0 Å². The molecular weight excluding hydrogens is 614 g/mol. The van der Waals surface area contributed by atoms with Crippen LogP contribution in [0.25, 0.3) is 0 Å². The molecular formula is C35H51N7O6. The zero-order valence-corrected chi connectivity index (χ0v) is 28.1. The first kappa shape index (κ1) is 35.5. The summed E-state index contributed by atoms with van der Waals surface area (Å²) in [5.74, 6) is 0.0801. The Hall–Kier alpha value is -3.78. The van der Waals surface area contributed by atoms with Crippen LogP contribution in [-0.4, -0.2) is 142 Å². The molecule has 0 atom stereocenters. The second-order valence-electron chi connectivity index (χ2n) is 12.4. The van der Waals surface area contributed by atoms with Gasteiger partial charge in [-0.2, -0.15) is 0 Å². The molecule has 48 heavy (non-hydrogen) atoms. The van der Waals surface area contributed by atoms with Gasteiger partial charge in [0.25, 0.3) is 5.91 Å². The first-order chi connectivity index (χ1) is 23.6. The molecule has 3 amide bonds. The standard InChI is InChI=1S/C35H51N7O6/c43-33(37-10-6-12-39-15-20-46-21-16-39)27-41-14-4-1-5-19-48-32-9-3-2-8-31(32)42(30-24-29(35(41)45)25-36-26-30)28-34(44)38-11-7-13-40-17-22-47-23-18-40/h2-3,8-9,24-26H,1,4-7,10-23,27-28H2,(H,37,43)(H,38,44).